The largest absolute Gasteiger partial charge is 0.295 e. The molecule has 1 saturated heterocycles. The fourth-order valence-electron chi connectivity index (χ4n) is 1.52. The van der Waals surface area contributed by atoms with E-state index in [9.17, 15) is 18.0 Å². The van der Waals surface area contributed by atoms with E-state index in [2.05, 4.69) is 26.0 Å². The molecule has 1 atom stereocenters. The molecule has 0 radical (unpaired) electrons. The number of piperidine rings is 1. The Hall–Kier alpha value is -0.770. The van der Waals surface area contributed by atoms with E-state index in [1.807, 2.05) is 0 Å². The average Bonchev–Trinajstić information content (AvgIpc) is 2.69. The predicted molar refractivity (Wildman–Crippen MR) is 68.5 cm³/mol. The van der Waals surface area contributed by atoms with Crippen LogP contribution >= 0.6 is 27.3 Å². The maximum Gasteiger partial charge on any atom is 0.251 e. The van der Waals surface area contributed by atoms with Crippen LogP contribution < -0.4 is 10.0 Å². The number of nitrogens with one attached hydrogen (secondary N) is 2. The van der Waals surface area contributed by atoms with Gasteiger partial charge in [0.1, 0.15) is 10.3 Å². The third-order valence-electron chi connectivity index (χ3n) is 2.37. The minimum absolute atomic E-state index is 0.118. The molecule has 0 aliphatic carbocycles. The van der Waals surface area contributed by atoms with Crippen LogP contribution in [0.15, 0.2) is 20.1 Å². The number of hydrogen-bond acceptors (Lipinski definition) is 5. The maximum absolute atomic E-state index is 12.0. The Balaban J connectivity index is 2.17. The zero-order valence-electron chi connectivity index (χ0n) is 8.97. The summed E-state index contributed by atoms with van der Waals surface area (Å²) in [5.74, 6) is -0.991. The molecule has 2 heterocycles. The molecule has 2 N–H and O–H groups in total. The van der Waals surface area contributed by atoms with Crippen molar-refractivity contribution in [1.82, 2.24) is 10.0 Å². The summed E-state index contributed by atoms with van der Waals surface area (Å²) in [6.07, 6.45) is 0.303. The standard InChI is InChI=1S/C9H9BrN2O4S2/c10-5-3-4-17-9(5)18(15,16)12-6-1-2-7(13)11-8(6)14/h3-4,6,12H,1-2H2,(H,11,13,14). The monoisotopic (exact) mass is 352 g/mol. The summed E-state index contributed by atoms with van der Waals surface area (Å²) < 4.78 is 26.9. The maximum atomic E-state index is 12.0. The highest BCUT2D eigenvalue weighted by Crippen LogP contribution is 2.27. The minimum atomic E-state index is -3.75. The fraction of sp³-hybridized carbons (Fsp3) is 0.333. The van der Waals surface area contributed by atoms with Crippen LogP contribution in [0.5, 0.6) is 0 Å². The molecule has 2 rings (SSSR count). The molecule has 9 heteroatoms. The highest BCUT2D eigenvalue weighted by atomic mass is 79.9. The number of carbonyl (C=O) groups is 2. The predicted octanol–water partition coefficient (Wildman–Crippen LogP) is 0.594. The van der Waals surface area contributed by atoms with Crippen LogP contribution in [0.1, 0.15) is 12.8 Å². The smallest absolute Gasteiger partial charge is 0.251 e. The Labute approximate surface area is 116 Å². The number of amides is 2. The highest BCUT2D eigenvalue weighted by molar-refractivity contribution is 9.10. The van der Waals surface area contributed by atoms with Crippen molar-refractivity contribution in [2.75, 3.05) is 0 Å². The SMILES string of the molecule is O=C1CCC(NS(=O)(=O)c2sccc2Br)C(=O)N1. The molecule has 0 saturated carbocycles. The Kier molecular flexibility index (Phi) is 3.85. The zero-order valence-corrected chi connectivity index (χ0v) is 12.2. The molecule has 18 heavy (non-hydrogen) atoms. The molecule has 1 fully saturated rings. The molecule has 6 nitrogen and oxygen atoms in total. The van der Waals surface area contributed by atoms with E-state index in [1.54, 1.807) is 11.4 Å². The third kappa shape index (κ3) is 2.79. The van der Waals surface area contributed by atoms with E-state index < -0.39 is 22.0 Å². The second-order valence-corrected chi connectivity index (χ2v) is 7.36. The molecule has 1 aromatic rings. The van der Waals surface area contributed by atoms with Gasteiger partial charge in [0.25, 0.3) is 10.0 Å². The van der Waals surface area contributed by atoms with Crippen molar-refractivity contribution in [2.45, 2.75) is 23.1 Å². The quantitative estimate of drug-likeness (QED) is 0.779. The van der Waals surface area contributed by atoms with Crippen molar-refractivity contribution in [3.63, 3.8) is 0 Å². The van der Waals surface area contributed by atoms with Gasteiger partial charge in [0.15, 0.2) is 0 Å². The van der Waals surface area contributed by atoms with Crippen molar-refractivity contribution >= 4 is 49.1 Å². The first kappa shape index (κ1) is 13.7. The molecule has 0 spiro atoms. The van der Waals surface area contributed by atoms with E-state index in [4.69, 9.17) is 0 Å². The number of sulfonamides is 1. The molecular weight excluding hydrogens is 344 g/mol. The van der Waals surface area contributed by atoms with Gasteiger partial charge in [-0.15, -0.1) is 11.3 Å². The van der Waals surface area contributed by atoms with E-state index in [-0.39, 0.29) is 23.0 Å². The van der Waals surface area contributed by atoms with Gasteiger partial charge in [-0.1, -0.05) is 0 Å². The van der Waals surface area contributed by atoms with E-state index in [0.717, 1.165) is 11.3 Å². The van der Waals surface area contributed by atoms with Gasteiger partial charge < -0.3 is 0 Å². The summed E-state index contributed by atoms with van der Waals surface area (Å²) in [5, 5.41) is 3.73. The number of hydrogen-bond donors (Lipinski definition) is 2. The summed E-state index contributed by atoms with van der Waals surface area (Å²) in [5.41, 5.74) is 0. The van der Waals surface area contributed by atoms with E-state index >= 15 is 0 Å². The Morgan fingerprint density at radius 3 is 2.72 bits per heavy atom. The van der Waals surface area contributed by atoms with Crippen molar-refractivity contribution in [1.29, 1.82) is 0 Å². The lowest BCUT2D eigenvalue weighted by molar-refractivity contribution is -0.134. The summed E-state index contributed by atoms with van der Waals surface area (Å²) in [4.78, 5) is 22.4. The summed E-state index contributed by atoms with van der Waals surface area (Å²) in [6.45, 7) is 0. The van der Waals surface area contributed by atoms with Crippen molar-refractivity contribution in [3.05, 3.63) is 15.9 Å². The van der Waals surface area contributed by atoms with Crippen LogP contribution in [-0.4, -0.2) is 26.3 Å². The molecule has 0 aromatic carbocycles. The molecule has 1 aliphatic rings. The molecule has 0 bridgehead atoms. The summed E-state index contributed by atoms with van der Waals surface area (Å²) in [7, 11) is -3.75. The van der Waals surface area contributed by atoms with Crippen molar-refractivity contribution in [2.24, 2.45) is 0 Å². The second kappa shape index (κ2) is 5.08. The number of carbonyl (C=O) groups excluding carboxylic acids is 2. The van der Waals surface area contributed by atoms with E-state index in [1.165, 1.54) is 0 Å². The van der Waals surface area contributed by atoms with Gasteiger partial charge >= 0.3 is 0 Å². The van der Waals surface area contributed by atoms with Gasteiger partial charge in [0.05, 0.1) is 0 Å². The van der Waals surface area contributed by atoms with Crippen LogP contribution in [0.3, 0.4) is 0 Å². The first-order valence-corrected chi connectivity index (χ1v) is 8.15. The Morgan fingerprint density at radius 1 is 1.44 bits per heavy atom. The van der Waals surface area contributed by atoms with Crippen LogP contribution in [0, 0.1) is 0 Å². The lowest BCUT2D eigenvalue weighted by Crippen LogP contribution is -2.52. The molecule has 1 aromatic heterocycles. The number of thiophene rings is 1. The zero-order chi connectivity index (χ0) is 13.3. The number of imide groups is 1. The fourth-order valence-corrected chi connectivity index (χ4v) is 5.10. The van der Waals surface area contributed by atoms with Gasteiger partial charge in [0.2, 0.25) is 11.8 Å². The van der Waals surface area contributed by atoms with Gasteiger partial charge in [-0.3, -0.25) is 14.9 Å². The first-order valence-electron chi connectivity index (χ1n) is 4.99. The topological polar surface area (TPSA) is 92.3 Å². The number of halogens is 1. The number of rotatable bonds is 3. The normalized spacial score (nSPS) is 20.8. The van der Waals surface area contributed by atoms with E-state index in [0.29, 0.717) is 4.47 Å². The lowest BCUT2D eigenvalue weighted by Gasteiger charge is -2.21. The molecule has 2 amide bonds. The van der Waals surface area contributed by atoms with Crippen LogP contribution in [0.4, 0.5) is 0 Å². The summed E-state index contributed by atoms with van der Waals surface area (Å²) in [6, 6.07) is 0.714. The highest BCUT2D eigenvalue weighted by Gasteiger charge is 2.31. The van der Waals surface area contributed by atoms with Crippen molar-refractivity contribution < 1.29 is 18.0 Å². The molecular formula is C9H9BrN2O4S2. The Morgan fingerprint density at radius 2 is 2.17 bits per heavy atom. The summed E-state index contributed by atoms with van der Waals surface area (Å²) >= 11 is 4.18. The Bertz CT molecular complexity index is 595. The second-order valence-electron chi connectivity index (χ2n) is 3.68. The van der Waals surface area contributed by atoms with Gasteiger partial charge in [0, 0.05) is 10.9 Å². The van der Waals surface area contributed by atoms with Crippen LogP contribution in [0.25, 0.3) is 0 Å². The minimum Gasteiger partial charge on any atom is -0.295 e. The van der Waals surface area contributed by atoms with Gasteiger partial charge in [-0.2, -0.15) is 4.72 Å². The third-order valence-corrected chi connectivity index (χ3v) is 6.51. The van der Waals surface area contributed by atoms with Crippen LogP contribution in [0.2, 0.25) is 0 Å². The van der Waals surface area contributed by atoms with Gasteiger partial charge in [-0.25, -0.2) is 8.42 Å². The lowest BCUT2D eigenvalue weighted by atomic mass is 10.1. The van der Waals surface area contributed by atoms with Crippen LogP contribution in [-0.2, 0) is 19.6 Å². The average molecular weight is 353 g/mol. The molecule has 1 unspecified atom stereocenters. The molecule has 98 valence electrons. The first-order chi connectivity index (χ1) is 8.40. The van der Waals surface area contributed by atoms with Gasteiger partial charge in [-0.05, 0) is 33.8 Å². The molecule has 1 aliphatic heterocycles. The van der Waals surface area contributed by atoms with Crippen molar-refractivity contribution in [3.8, 4) is 0 Å².